The number of carbonyl (C=O) groups is 1. The fourth-order valence-corrected chi connectivity index (χ4v) is 4.04. The zero-order valence-corrected chi connectivity index (χ0v) is 14.5. The Morgan fingerprint density at radius 3 is 3.05 bits per heavy atom. The monoisotopic (exact) mass is 357 g/mol. The van der Waals surface area contributed by atoms with Gasteiger partial charge in [-0.3, -0.25) is 0 Å². The summed E-state index contributed by atoms with van der Waals surface area (Å²) < 4.78 is 6.15. The van der Waals surface area contributed by atoms with E-state index >= 15 is 0 Å². The molecule has 3 rings (SSSR count). The highest BCUT2D eigenvalue weighted by Gasteiger charge is 2.18. The molecule has 0 aliphatic carbocycles. The maximum atomic E-state index is 11.5. The summed E-state index contributed by atoms with van der Waals surface area (Å²) in [5.74, 6) is -0.304. The third kappa shape index (κ3) is 3.30. The Hall–Kier alpha value is -1.07. The van der Waals surface area contributed by atoms with E-state index in [-0.39, 0.29) is 18.4 Å². The average molecular weight is 358 g/mol. The molecule has 3 nitrogen and oxygen atoms in total. The van der Waals surface area contributed by atoms with Gasteiger partial charge in [0.25, 0.3) is 0 Å². The maximum Gasteiger partial charge on any atom is 0.330 e. The summed E-state index contributed by atoms with van der Waals surface area (Å²) in [5, 5.41) is 5.49. The number of halogens is 2. The number of hydrogen-bond donors (Lipinski definition) is 1. The lowest BCUT2D eigenvalue weighted by Crippen LogP contribution is -2.14. The van der Waals surface area contributed by atoms with Gasteiger partial charge < -0.3 is 10.1 Å². The van der Waals surface area contributed by atoms with Gasteiger partial charge >= 0.3 is 5.97 Å². The molecule has 2 heterocycles. The Kier molecular flexibility index (Phi) is 5.87. The molecule has 0 atom stereocenters. The van der Waals surface area contributed by atoms with Crippen molar-refractivity contribution in [1.29, 1.82) is 0 Å². The first-order valence-electron chi connectivity index (χ1n) is 6.99. The van der Waals surface area contributed by atoms with Gasteiger partial charge in [0.1, 0.15) is 0 Å². The molecular formula is C16H17Cl2NO2S. The van der Waals surface area contributed by atoms with Gasteiger partial charge in [-0.05, 0) is 49.2 Å². The summed E-state index contributed by atoms with van der Waals surface area (Å²) >= 11 is 8.03. The van der Waals surface area contributed by atoms with E-state index in [1.807, 2.05) is 12.1 Å². The SMILES string of the molecule is CCOC(=O)/C=C/c1sc2ccc(Cl)c3c2c1CNCC3.Cl. The second kappa shape index (κ2) is 7.47. The number of nitrogens with one attached hydrogen (secondary N) is 1. The molecular weight excluding hydrogens is 341 g/mol. The lowest BCUT2D eigenvalue weighted by Gasteiger charge is -2.03. The summed E-state index contributed by atoms with van der Waals surface area (Å²) in [6.07, 6.45) is 4.28. The van der Waals surface area contributed by atoms with Crippen LogP contribution in [0.3, 0.4) is 0 Å². The Bertz CT molecular complexity index is 724. The Morgan fingerprint density at radius 2 is 2.27 bits per heavy atom. The number of benzene rings is 1. The second-order valence-corrected chi connectivity index (χ2v) is 6.35. The van der Waals surface area contributed by atoms with Crippen LogP contribution < -0.4 is 5.32 Å². The van der Waals surface area contributed by atoms with Crippen molar-refractivity contribution < 1.29 is 9.53 Å². The molecule has 1 aliphatic rings. The quantitative estimate of drug-likeness (QED) is 0.660. The van der Waals surface area contributed by atoms with Crippen LogP contribution in [-0.4, -0.2) is 19.1 Å². The normalized spacial score (nSPS) is 13.9. The van der Waals surface area contributed by atoms with E-state index in [1.54, 1.807) is 18.3 Å². The van der Waals surface area contributed by atoms with Gasteiger partial charge in [-0.25, -0.2) is 4.79 Å². The van der Waals surface area contributed by atoms with Gasteiger partial charge in [0.15, 0.2) is 0 Å². The first-order valence-corrected chi connectivity index (χ1v) is 8.18. The first kappa shape index (κ1) is 17.3. The third-order valence-electron chi connectivity index (χ3n) is 3.55. The highest BCUT2D eigenvalue weighted by Crippen LogP contribution is 2.38. The lowest BCUT2D eigenvalue weighted by atomic mass is 10.0. The van der Waals surface area contributed by atoms with Crippen molar-refractivity contribution in [2.75, 3.05) is 13.2 Å². The highest BCUT2D eigenvalue weighted by molar-refractivity contribution is 7.20. The molecule has 0 spiro atoms. The molecule has 0 radical (unpaired) electrons. The Labute approximate surface area is 144 Å². The number of carbonyl (C=O) groups excluding carboxylic acids is 1. The van der Waals surface area contributed by atoms with Crippen LogP contribution >= 0.6 is 35.3 Å². The van der Waals surface area contributed by atoms with Crippen molar-refractivity contribution in [2.24, 2.45) is 0 Å². The van der Waals surface area contributed by atoms with Gasteiger partial charge in [-0.15, -0.1) is 23.7 Å². The topological polar surface area (TPSA) is 38.3 Å². The zero-order chi connectivity index (χ0) is 14.8. The molecule has 1 aromatic carbocycles. The van der Waals surface area contributed by atoms with E-state index in [9.17, 15) is 4.79 Å². The molecule has 22 heavy (non-hydrogen) atoms. The second-order valence-electron chi connectivity index (χ2n) is 4.86. The summed E-state index contributed by atoms with van der Waals surface area (Å²) in [6, 6.07) is 4.02. The van der Waals surface area contributed by atoms with Crippen LogP contribution in [-0.2, 0) is 22.5 Å². The standard InChI is InChI=1S/C16H16ClNO2S.ClH/c1-2-20-15(19)6-5-13-11-9-18-8-7-10-12(17)3-4-14(21-13)16(10)11;/h3-6,18H,2,7-9H2,1H3;1H/b6-5+;. The first-order chi connectivity index (χ1) is 10.2. The minimum absolute atomic E-state index is 0. The fourth-order valence-electron chi connectivity index (χ4n) is 2.64. The average Bonchev–Trinajstić information content (AvgIpc) is 2.66. The fraction of sp³-hybridized carbons (Fsp3) is 0.312. The molecule has 6 heteroatoms. The predicted octanol–water partition coefficient (Wildman–Crippen LogP) is 4.20. The highest BCUT2D eigenvalue weighted by atomic mass is 35.5. The number of ether oxygens (including phenoxy) is 1. The van der Waals surface area contributed by atoms with Crippen molar-refractivity contribution in [3.05, 3.63) is 39.2 Å². The van der Waals surface area contributed by atoms with Crippen molar-refractivity contribution in [2.45, 2.75) is 19.9 Å². The molecule has 0 fully saturated rings. The van der Waals surface area contributed by atoms with E-state index in [2.05, 4.69) is 11.4 Å². The van der Waals surface area contributed by atoms with Crippen LogP contribution in [0.25, 0.3) is 16.2 Å². The van der Waals surface area contributed by atoms with Gasteiger partial charge in [0.05, 0.1) is 6.61 Å². The third-order valence-corrected chi connectivity index (χ3v) is 5.06. The lowest BCUT2D eigenvalue weighted by molar-refractivity contribution is -0.137. The summed E-state index contributed by atoms with van der Waals surface area (Å²) in [6.45, 7) is 3.91. The van der Waals surface area contributed by atoms with Crippen LogP contribution in [0.5, 0.6) is 0 Å². The van der Waals surface area contributed by atoms with Crippen molar-refractivity contribution in [3.63, 3.8) is 0 Å². The number of rotatable bonds is 3. The maximum absolute atomic E-state index is 11.5. The molecule has 0 saturated heterocycles. The van der Waals surface area contributed by atoms with Crippen LogP contribution in [0.2, 0.25) is 5.02 Å². The number of thiophene rings is 1. The molecule has 118 valence electrons. The van der Waals surface area contributed by atoms with Crippen molar-refractivity contribution in [1.82, 2.24) is 5.32 Å². The van der Waals surface area contributed by atoms with Gasteiger partial charge in [0, 0.05) is 32.6 Å². The van der Waals surface area contributed by atoms with Crippen molar-refractivity contribution >= 4 is 57.5 Å². The van der Waals surface area contributed by atoms with Crippen LogP contribution in [0.1, 0.15) is 22.9 Å². The van der Waals surface area contributed by atoms with E-state index in [0.717, 1.165) is 29.4 Å². The molecule has 0 amide bonds. The van der Waals surface area contributed by atoms with Crippen LogP contribution in [0.4, 0.5) is 0 Å². The minimum atomic E-state index is -0.304. The van der Waals surface area contributed by atoms with Crippen LogP contribution in [0.15, 0.2) is 18.2 Å². The Balaban J connectivity index is 0.00000176. The number of hydrogen-bond acceptors (Lipinski definition) is 4. The molecule has 1 aliphatic heterocycles. The largest absolute Gasteiger partial charge is 0.463 e. The smallest absolute Gasteiger partial charge is 0.330 e. The minimum Gasteiger partial charge on any atom is -0.463 e. The zero-order valence-electron chi connectivity index (χ0n) is 12.1. The van der Waals surface area contributed by atoms with E-state index in [4.69, 9.17) is 16.3 Å². The summed E-state index contributed by atoms with van der Waals surface area (Å²) in [5.41, 5.74) is 2.44. The van der Waals surface area contributed by atoms with Gasteiger partial charge in [0.2, 0.25) is 0 Å². The van der Waals surface area contributed by atoms with Crippen molar-refractivity contribution in [3.8, 4) is 0 Å². The molecule has 0 unspecified atom stereocenters. The molecule has 0 bridgehead atoms. The van der Waals surface area contributed by atoms with Gasteiger partial charge in [-0.2, -0.15) is 0 Å². The Morgan fingerprint density at radius 1 is 1.45 bits per heavy atom. The summed E-state index contributed by atoms with van der Waals surface area (Å²) in [7, 11) is 0. The van der Waals surface area contributed by atoms with Gasteiger partial charge in [-0.1, -0.05) is 11.6 Å². The van der Waals surface area contributed by atoms with Crippen LogP contribution in [0, 0.1) is 0 Å². The number of esters is 1. The van der Waals surface area contributed by atoms with E-state index in [1.165, 1.54) is 27.3 Å². The van der Waals surface area contributed by atoms with E-state index in [0.29, 0.717) is 6.61 Å². The summed E-state index contributed by atoms with van der Waals surface area (Å²) in [4.78, 5) is 12.6. The van der Waals surface area contributed by atoms with E-state index < -0.39 is 0 Å². The molecule has 0 saturated carbocycles. The molecule has 1 aromatic heterocycles. The molecule has 2 aromatic rings. The molecule has 1 N–H and O–H groups in total. The predicted molar refractivity (Wildman–Crippen MR) is 95.2 cm³/mol.